The molecule has 0 fully saturated rings. The number of hydrogen-bond donors (Lipinski definition) is 2. The van der Waals surface area contributed by atoms with E-state index in [9.17, 15) is 0 Å². The molecule has 15 heavy (non-hydrogen) atoms. The highest BCUT2D eigenvalue weighted by molar-refractivity contribution is 5.16. The Hall–Kier alpha value is -0.930. The molecule has 1 rings (SSSR count). The van der Waals surface area contributed by atoms with Gasteiger partial charge < -0.3 is 10.4 Å². The van der Waals surface area contributed by atoms with Gasteiger partial charge >= 0.3 is 0 Å². The summed E-state index contributed by atoms with van der Waals surface area (Å²) in [6, 6.07) is 2.53. The van der Waals surface area contributed by atoms with Gasteiger partial charge in [0.05, 0.1) is 0 Å². The maximum absolute atomic E-state index is 8.86. The van der Waals surface area contributed by atoms with Crippen LogP contribution in [-0.2, 0) is 6.54 Å². The summed E-state index contributed by atoms with van der Waals surface area (Å²) in [6.45, 7) is 5.24. The number of hydrogen-bond acceptors (Lipinski definition) is 3. The molecule has 3 nitrogen and oxygen atoms in total. The first-order valence-electron chi connectivity index (χ1n) is 5.51. The topological polar surface area (TPSA) is 45.1 Å². The molecule has 2 N–H and O–H groups in total. The zero-order valence-corrected chi connectivity index (χ0v) is 9.53. The molecule has 1 aromatic rings. The molecule has 0 radical (unpaired) electrons. The first kappa shape index (κ1) is 12.1. The van der Waals surface area contributed by atoms with Crippen LogP contribution in [0.3, 0.4) is 0 Å². The van der Waals surface area contributed by atoms with Crippen molar-refractivity contribution in [2.75, 3.05) is 6.61 Å². The van der Waals surface area contributed by atoms with Crippen LogP contribution in [0.5, 0.6) is 0 Å². The number of nitrogens with zero attached hydrogens (tertiary/aromatic N) is 1. The summed E-state index contributed by atoms with van der Waals surface area (Å²) in [7, 11) is 0. The molecule has 0 saturated heterocycles. The predicted molar refractivity (Wildman–Crippen MR) is 61.6 cm³/mol. The molecular formula is C12H20N2O. The monoisotopic (exact) mass is 208 g/mol. The minimum absolute atomic E-state index is 0.248. The molecule has 0 aliphatic rings. The predicted octanol–water partition coefficient (Wildman–Crippen LogP) is 1.64. The first-order chi connectivity index (χ1) is 7.26. The molecule has 0 bridgehead atoms. The molecular weight excluding hydrogens is 188 g/mol. The second-order valence-electron chi connectivity index (χ2n) is 3.87. The van der Waals surface area contributed by atoms with Gasteiger partial charge in [-0.3, -0.25) is 4.98 Å². The Morgan fingerprint density at radius 3 is 2.87 bits per heavy atom. The second kappa shape index (κ2) is 6.53. The lowest BCUT2D eigenvalue weighted by molar-refractivity contribution is 0.262. The minimum atomic E-state index is 0.248. The van der Waals surface area contributed by atoms with Crippen molar-refractivity contribution >= 4 is 0 Å². The number of rotatable bonds is 6. The van der Waals surface area contributed by atoms with Crippen LogP contribution >= 0.6 is 0 Å². The normalized spacial score (nSPS) is 12.7. The van der Waals surface area contributed by atoms with E-state index in [-0.39, 0.29) is 6.61 Å². The number of nitrogens with one attached hydrogen (secondary N) is 1. The highest BCUT2D eigenvalue weighted by atomic mass is 16.3. The lowest BCUT2D eigenvalue weighted by Gasteiger charge is -2.15. The van der Waals surface area contributed by atoms with E-state index in [2.05, 4.69) is 23.3 Å². The van der Waals surface area contributed by atoms with Crippen LogP contribution in [0.1, 0.15) is 30.9 Å². The van der Waals surface area contributed by atoms with E-state index in [0.717, 1.165) is 19.4 Å². The van der Waals surface area contributed by atoms with E-state index >= 15 is 0 Å². The fourth-order valence-corrected chi connectivity index (χ4v) is 1.58. The molecule has 0 saturated carbocycles. The largest absolute Gasteiger partial charge is 0.396 e. The van der Waals surface area contributed by atoms with Crippen LogP contribution in [0.4, 0.5) is 0 Å². The Balaban J connectivity index is 2.41. The number of aryl methyl sites for hydroxylation is 1. The van der Waals surface area contributed by atoms with E-state index in [1.54, 1.807) is 0 Å². The van der Waals surface area contributed by atoms with Gasteiger partial charge in [-0.15, -0.1) is 0 Å². The van der Waals surface area contributed by atoms with Crippen molar-refractivity contribution < 1.29 is 5.11 Å². The van der Waals surface area contributed by atoms with E-state index < -0.39 is 0 Å². The van der Waals surface area contributed by atoms with Crippen LogP contribution in [0, 0.1) is 6.92 Å². The number of aliphatic hydroxyl groups excluding tert-OH is 1. The lowest BCUT2D eigenvalue weighted by atomic mass is 10.1. The summed E-state index contributed by atoms with van der Waals surface area (Å²) >= 11 is 0. The van der Waals surface area contributed by atoms with E-state index in [1.807, 2.05) is 19.3 Å². The zero-order chi connectivity index (χ0) is 11.1. The average molecular weight is 208 g/mol. The molecule has 1 unspecified atom stereocenters. The average Bonchev–Trinajstić information content (AvgIpc) is 2.24. The summed E-state index contributed by atoms with van der Waals surface area (Å²) in [5.41, 5.74) is 2.39. The van der Waals surface area contributed by atoms with Gasteiger partial charge in [0.1, 0.15) is 0 Å². The quantitative estimate of drug-likeness (QED) is 0.747. The molecule has 3 heteroatoms. The van der Waals surface area contributed by atoms with Crippen molar-refractivity contribution in [3.63, 3.8) is 0 Å². The van der Waals surface area contributed by atoms with E-state index in [4.69, 9.17) is 5.11 Å². The van der Waals surface area contributed by atoms with Crippen molar-refractivity contribution in [1.29, 1.82) is 0 Å². The number of pyridine rings is 1. The van der Waals surface area contributed by atoms with Gasteiger partial charge in [0.2, 0.25) is 0 Å². The Morgan fingerprint density at radius 2 is 2.27 bits per heavy atom. The number of aliphatic hydroxyl groups is 1. The molecule has 0 spiro atoms. The third kappa shape index (κ3) is 4.40. The third-order valence-corrected chi connectivity index (χ3v) is 2.50. The molecule has 1 atom stereocenters. The lowest BCUT2D eigenvalue weighted by Crippen LogP contribution is -2.28. The second-order valence-corrected chi connectivity index (χ2v) is 3.87. The molecule has 84 valence electrons. The van der Waals surface area contributed by atoms with Gasteiger partial charge in [-0.25, -0.2) is 0 Å². The fourth-order valence-electron chi connectivity index (χ4n) is 1.58. The zero-order valence-electron chi connectivity index (χ0n) is 9.53. The smallest absolute Gasteiger partial charge is 0.0445 e. The van der Waals surface area contributed by atoms with Crippen molar-refractivity contribution in [2.24, 2.45) is 0 Å². The molecule has 1 heterocycles. The summed E-state index contributed by atoms with van der Waals surface area (Å²) in [6.07, 6.45) is 5.59. The molecule has 0 aliphatic heterocycles. The van der Waals surface area contributed by atoms with Crippen LogP contribution < -0.4 is 5.32 Å². The van der Waals surface area contributed by atoms with Gasteiger partial charge in [0, 0.05) is 31.6 Å². The number of aromatic nitrogens is 1. The third-order valence-electron chi connectivity index (χ3n) is 2.50. The summed E-state index contributed by atoms with van der Waals surface area (Å²) in [4.78, 5) is 4.14. The molecule has 0 aliphatic carbocycles. The maximum atomic E-state index is 8.86. The van der Waals surface area contributed by atoms with Gasteiger partial charge in [0.15, 0.2) is 0 Å². The van der Waals surface area contributed by atoms with Crippen LogP contribution in [0.2, 0.25) is 0 Å². The van der Waals surface area contributed by atoms with Gasteiger partial charge in [-0.1, -0.05) is 13.0 Å². The van der Waals surface area contributed by atoms with Crippen LogP contribution in [0.15, 0.2) is 18.5 Å². The summed E-state index contributed by atoms with van der Waals surface area (Å²) in [5, 5.41) is 12.3. The van der Waals surface area contributed by atoms with Crippen molar-refractivity contribution in [2.45, 2.75) is 39.3 Å². The van der Waals surface area contributed by atoms with Crippen LogP contribution in [-0.4, -0.2) is 22.7 Å². The van der Waals surface area contributed by atoms with Gasteiger partial charge in [0.25, 0.3) is 0 Å². The fraction of sp³-hybridized carbons (Fsp3) is 0.583. The van der Waals surface area contributed by atoms with Crippen molar-refractivity contribution in [3.05, 3.63) is 29.6 Å². The van der Waals surface area contributed by atoms with Gasteiger partial charge in [-0.05, 0) is 30.9 Å². The summed E-state index contributed by atoms with van der Waals surface area (Å²) in [5.74, 6) is 0. The van der Waals surface area contributed by atoms with Crippen molar-refractivity contribution in [3.8, 4) is 0 Å². The Labute approximate surface area is 91.5 Å². The highest BCUT2D eigenvalue weighted by Gasteiger charge is 2.04. The highest BCUT2D eigenvalue weighted by Crippen LogP contribution is 2.03. The standard InChI is InChI=1S/C12H20N2O/c1-3-12(4-5-15)14-9-11-6-10(2)7-13-8-11/h6-8,12,14-15H,3-5,9H2,1-2H3. The first-order valence-corrected chi connectivity index (χ1v) is 5.51. The van der Waals surface area contributed by atoms with Gasteiger partial charge in [-0.2, -0.15) is 0 Å². The Kier molecular flexibility index (Phi) is 5.29. The Bertz CT molecular complexity index is 289. The Morgan fingerprint density at radius 1 is 1.47 bits per heavy atom. The van der Waals surface area contributed by atoms with Crippen molar-refractivity contribution in [1.82, 2.24) is 10.3 Å². The summed E-state index contributed by atoms with van der Waals surface area (Å²) < 4.78 is 0. The SMILES string of the molecule is CCC(CCO)NCc1cncc(C)c1. The van der Waals surface area contributed by atoms with E-state index in [0.29, 0.717) is 6.04 Å². The molecule has 1 aromatic heterocycles. The molecule has 0 amide bonds. The van der Waals surface area contributed by atoms with E-state index in [1.165, 1.54) is 11.1 Å². The van der Waals surface area contributed by atoms with Crippen LogP contribution in [0.25, 0.3) is 0 Å². The minimum Gasteiger partial charge on any atom is -0.396 e. The molecule has 0 aromatic carbocycles. The maximum Gasteiger partial charge on any atom is 0.0445 e.